The van der Waals surface area contributed by atoms with Gasteiger partial charge in [-0.3, -0.25) is 27.9 Å². The first-order valence-corrected chi connectivity index (χ1v) is 14.7. The summed E-state index contributed by atoms with van der Waals surface area (Å²) in [4.78, 5) is 38.8. The second kappa shape index (κ2) is 12.8. The van der Waals surface area contributed by atoms with Gasteiger partial charge in [0.25, 0.3) is 11.1 Å². The van der Waals surface area contributed by atoms with E-state index in [4.69, 9.17) is 33.9 Å². The summed E-state index contributed by atoms with van der Waals surface area (Å²) in [5.41, 5.74) is -0.827. The summed E-state index contributed by atoms with van der Waals surface area (Å²) in [6.07, 6.45) is 0. The molecule has 4 aromatic rings. The maximum atomic E-state index is 13.7. The van der Waals surface area contributed by atoms with E-state index in [1.165, 1.54) is 49.5 Å². The zero-order valence-electron chi connectivity index (χ0n) is 24.3. The van der Waals surface area contributed by atoms with Crippen molar-refractivity contribution < 1.29 is 29.6 Å². The minimum Gasteiger partial charge on any atom is -0.494 e. The number of ether oxygens (including phenoxy) is 2. The van der Waals surface area contributed by atoms with Gasteiger partial charge in [0.2, 0.25) is 11.8 Å². The normalized spacial score (nSPS) is 11.2. The average Bonchev–Trinajstić information content (AvgIpc) is 3.00. The van der Waals surface area contributed by atoms with Crippen molar-refractivity contribution in [2.75, 3.05) is 6.61 Å². The van der Waals surface area contributed by atoms with Gasteiger partial charge in [0, 0.05) is 28.2 Å². The Bertz CT molecular complexity index is 1960. The van der Waals surface area contributed by atoms with Crippen LogP contribution in [0, 0.1) is 9.54 Å². The van der Waals surface area contributed by atoms with Crippen LogP contribution in [0.5, 0.6) is 23.3 Å². The molecule has 44 heavy (non-hydrogen) atoms. The van der Waals surface area contributed by atoms with Crippen molar-refractivity contribution in [3.05, 3.63) is 98.9 Å². The molecule has 232 valence electrons. The van der Waals surface area contributed by atoms with Gasteiger partial charge in [0.15, 0.2) is 21.0 Å². The first-order chi connectivity index (χ1) is 20.7. The summed E-state index contributed by atoms with van der Waals surface area (Å²) in [6.45, 7) is 1.97. The van der Waals surface area contributed by atoms with Crippen LogP contribution in [0.25, 0.3) is 0 Å². The van der Waals surface area contributed by atoms with Crippen molar-refractivity contribution in [1.29, 1.82) is 0 Å². The van der Waals surface area contributed by atoms with E-state index < -0.39 is 34.8 Å². The van der Waals surface area contributed by atoms with Gasteiger partial charge in [-0.05, 0) is 82.7 Å². The average molecular weight is 706 g/mol. The Kier molecular flexibility index (Phi) is 9.51. The van der Waals surface area contributed by atoms with Gasteiger partial charge in [-0.25, -0.2) is 4.79 Å². The van der Waals surface area contributed by atoms with Gasteiger partial charge in [-0.1, -0.05) is 12.1 Å². The van der Waals surface area contributed by atoms with Crippen molar-refractivity contribution in [2.45, 2.75) is 19.4 Å². The number of carboxylic acid groups (broad SMARTS) is 1. The molecule has 0 atom stereocenters. The van der Waals surface area contributed by atoms with Crippen LogP contribution in [0.15, 0.2) is 50.5 Å². The van der Waals surface area contributed by atoms with E-state index in [0.29, 0.717) is 10.0 Å². The molecule has 12 nitrogen and oxygen atoms in total. The third-order valence-corrected chi connectivity index (χ3v) is 8.82. The maximum Gasteiger partial charge on any atom is 0.335 e. The molecule has 0 unspecified atom stereocenters. The minimum atomic E-state index is -1.33. The molecule has 0 spiro atoms. The van der Waals surface area contributed by atoms with Crippen molar-refractivity contribution in [2.24, 2.45) is 28.2 Å². The third kappa shape index (κ3) is 5.81. The molecule has 0 aliphatic heterocycles. The predicted octanol–water partition coefficient (Wildman–Crippen LogP) is 4.25. The summed E-state index contributed by atoms with van der Waals surface area (Å²) in [5.74, 6) is -2.91. The van der Waals surface area contributed by atoms with E-state index >= 15 is 0 Å². The Morgan fingerprint density at radius 3 is 1.93 bits per heavy atom. The van der Waals surface area contributed by atoms with Gasteiger partial charge < -0.3 is 24.8 Å². The second-order valence-electron chi connectivity index (χ2n) is 9.88. The molecule has 0 bridgehead atoms. The van der Waals surface area contributed by atoms with Crippen LogP contribution >= 0.6 is 40.4 Å². The Balaban J connectivity index is 2.01. The van der Waals surface area contributed by atoms with Crippen LogP contribution in [-0.2, 0) is 34.8 Å². The first-order valence-electron chi connectivity index (χ1n) is 13.1. The number of aromatic hydroxyl groups is 2. The largest absolute Gasteiger partial charge is 0.494 e. The number of aromatic carboxylic acids is 1. The summed E-state index contributed by atoms with van der Waals surface area (Å²) < 4.78 is 17.1. The molecule has 4 rings (SSSR count). The Labute approximate surface area is 269 Å². The Hall–Kier alpha value is -4.21. The van der Waals surface area contributed by atoms with Crippen molar-refractivity contribution >= 4 is 46.3 Å². The van der Waals surface area contributed by atoms with Gasteiger partial charge in [0.05, 0.1) is 33.7 Å². The molecule has 0 aliphatic carbocycles. The number of aromatic nitrogens is 4. The zero-order valence-corrected chi connectivity index (χ0v) is 27.5. The molecule has 2 aromatic heterocycles. The predicted molar refractivity (Wildman–Crippen MR) is 170 cm³/mol. The number of rotatable bonds is 9. The quantitative estimate of drug-likeness (QED) is 0.216. The molecule has 0 saturated carbocycles. The topological polar surface area (TPSA) is 150 Å². The van der Waals surface area contributed by atoms with Crippen molar-refractivity contribution in [1.82, 2.24) is 18.3 Å². The summed E-state index contributed by atoms with van der Waals surface area (Å²) in [7, 11) is 5.82. The number of carbonyl (C=O) groups is 1. The Morgan fingerprint density at radius 2 is 1.43 bits per heavy atom. The lowest BCUT2D eigenvalue weighted by atomic mass is 9.86. The molecular formula is C29H29BrN4O8S2. The van der Waals surface area contributed by atoms with E-state index in [2.05, 4.69) is 15.9 Å². The maximum absolute atomic E-state index is 13.7. The first kappa shape index (κ1) is 32.7. The molecule has 2 heterocycles. The summed E-state index contributed by atoms with van der Waals surface area (Å²) in [5, 5.41) is 31.9. The second-order valence-corrected chi connectivity index (χ2v) is 11.5. The standard InChI is InChI=1S/C29H29BrN4O8S2/c1-6-41-18-12-16(11-17(30)22(18)42-13-14-8-7-9-15(10-14)27(39)40)19(20-23(35)31(2)28(43)32(3)24(20)36)21-25(37)33(4)29(44)34(5)26(21)38/h7-12,19,35,37H,6,13H2,1-5H3,(H,39,40). The molecule has 3 N–H and O–H groups in total. The summed E-state index contributed by atoms with van der Waals surface area (Å²) >= 11 is 14.1. The van der Waals surface area contributed by atoms with E-state index in [1.807, 2.05) is 0 Å². The molecule has 0 aliphatic rings. The van der Waals surface area contributed by atoms with Crippen molar-refractivity contribution in [3.8, 4) is 23.3 Å². The lowest BCUT2D eigenvalue weighted by Gasteiger charge is -2.24. The van der Waals surface area contributed by atoms with Gasteiger partial charge in [0.1, 0.15) is 6.61 Å². The van der Waals surface area contributed by atoms with E-state index in [9.17, 15) is 29.7 Å². The van der Waals surface area contributed by atoms with Crippen LogP contribution in [-0.4, -0.2) is 46.2 Å². The van der Waals surface area contributed by atoms with Gasteiger partial charge >= 0.3 is 5.97 Å². The molecular weight excluding hydrogens is 676 g/mol. The number of hydrogen-bond donors (Lipinski definition) is 3. The molecule has 2 aromatic carbocycles. The van der Waals surface area contributed by atoms with Gasteiger partial charge in [-0.15, -0.1) is 0 Å². The SMILES string of the molecule is CCOc1cc(C(c2c(O)n(C)c(=S)n(C)c2=O)c2c(O)n(C)c(=S)n(C)c2=O)cc(Br)c1OCc1cccc(C(=O)O)c1. The summed E-state index contributed by atoms with van der Waals surface area (Å²) in [6, 6.07) is 9.41. The number of benzene rings is 2. The smallest absolute Gasteiger partial charge is 0.335 e. The highest BCUT2D eigenvalue weighted by atomic mass is 79.9. The highest BCUT2D eigenvalue weighted by Crippen LogP contribution is 2.44. The fraction of sp³-hybridized carbons (Fsp3) is 0.276. The van der Waals surface area contributed by atoms with E-state index in [0.717, 1.165) is 9.13 Å². The monoisotopic (exact) mass is 704 g/mol. The minimum absolute atomic E-state index is 0.00249. The third-order valence-electron chi connectivity index (χ3n) is 7.13. The molecule has 0 saturated heterocycles. The lowest BCUT2D eigenvalue weighted by molar-refractivity contribution is 0.0696. The lowest BCUT2D eigenvalue weighted by Crippen LogP contribution is -2.33. The molecule has 0 fully saturated rings. The van der Waals surface area contributed by atoms with E-state index in [1.54, 1.807) is 31.2 Å². The fourth-order valence-electron chi connectivity index (χ4n) is 4.81. The number of halogens is 1. The zero-order chi connectivity index (χ0) is 32.6. The highest BCUT2D eigenvalue weighted by molar-refractivity contribution is 9.10. The van der Waals surface area contributed by atoms with Crippen LogP contribution in [0.3, 0.4) is 0 Å². The van der Waals surface area contributed by atoms with Crippen LogP contribution in [0.2, 0.25) is 0 Å². The number of carboxylic acids is 1. The Morgan fingerprint density at radius 1 is 0.886 bits per heavy atom. The fourth-order valence-corrected chi connectivity index (χ4v) is 5.72. The number of hydrogen-bond acceptors (Lipinski definition) is 9. The van der Waals surface area contributed by atoms with E-state index in [-0.39, 0.29) is 56.5 Å². The van der Waals surface area contributed by atoms with Crippen molar-refractivity contribution in [3.63, 3.8) is 0 Å². The van der Waals surface area contributed by atoms with Crippen LogP contribution in [0.4, 0.5) is 0 Å². The molecule has 15 heteroatoms. The van der Waals surface area contributed by atoms with Crippen LogP contribution in [0.1, 0.15) is 45.5 Å². The molecule has 0 amide bonds. The molecule has 0 radical (unpaired) electrons. The highest BCUT2D eigenvalue weighted by Gasteiger charge is 2.33. The van der Waals surface area contributed by atoms with Crippen LogP contribution < -0.4 is 20.6 Å². The number of nitrogens with zero attached hydrogens (tertiary/aromatic N) is 4. The van der Waals surface area contributed by atoms with Gasteiger partial charge in [-0.2, -0.15) is 0 Å².